The monoisotopic (exact) mass is 508 g/mol. The van der Waals surface area contributed by atoms with Crippen LogP contribution in [-0.2, 0) is 9.53 Å². The van der Waals surface area contributed by atoms with Crippen LogP contribution in [0.4, 0.5) is 0 Å². The van der Waals surface area contributed by atoms with Gasteiger partial charge in [0.15, 0.2) is 16.3 Å². The smallest absolute Gasteiger partial charge is 0.338 e. The highest BCUT2D eigenvalue weighted by Gasteiger charge is 2.33. The van der Waals surface area contributed by atoms with E-state index >= 15 is 0 Å². The lowest BCUT2D eigenvalue weighted by Gasteiger charge is -2.25. The van der Waals surface area contributed by atoms with Gasteiger partial charge in [-0.05, 0) is 62.2 Å². The second-order valence-corrected chi connectivity index (χ2v) is 9.43. The summed E-state index contributed by atoms with van der Waals surface area (Å²) in [6.07, 6.45) is 1.46. The van der Waals surface area contributed by atoms with Crippen LogP contribution in [0.2, 0.25) is 0 Å². The van der Waals surface area contributed by atoms with Gasteiger partial charge in [-0.1, -0.05) is 29.5 Å². The van der Waals surface area contributed by atoms with Crippen LogP contribution in [0.3, 0.4) is 0 Å². The molecule has 2 aromatic carbocycles. The first-order valence-electron chi connectivity index (χ1n) is 11.4. The Balaban J connectivity index is 1.91. The lowest BCUT2D eigenvalue weighted by atomic mass is 9.96. The number of aromatic nitrogens is 1. The minimum absolute atomic E-state index is 0.253. The van der Waals surface area contributed by atoms with E-state index in [0.29, 0.717) is 37.9 Å². The fourth-order valence-corrected chi connectivity index (χ4v) is 5.10. The molecule has 1 atom stereocenters. The molecule has 188 valence electrons. The highest BCUT2D eigenvalue weighted by Crippen LogP contribution is 2.32. The van der Waals surface area contributed by atoms with Gasteiger partial charge in [0.05, 0.1) is 49.3 Å². The molecule has 1 aliphatic heterocycles. The van der Waals surface area contributed by atoms with E-state index in [-0.39, 0.29) is 11.7 Å². The molecule has 0 saturated carbocycles. The van der Waals surface area contributed by atoms with Gasteiger partial charge in [-0.2, -0.15) is 0 Å². The summed E-state index contributed by atoms with van der Waals surface area (Å²) in [7, 11) is 4.71. The third-order valence-electron chi connectivity index (χ3n) is 5.72. The number of rotatable bonds is 7. The van der Waals surface area contributed by atoms with Crippen molar-refractivity contribution in [3.8, 4) is 17.2 Å². The van der Waals surface area contributed by atoms with Crippen molar-refractivity contribution in [1.29, 1.82) is 0 Å². The summed E-state index contributed by atoms with van der Waals surface area (Å²) in [4.78, 5) is 32.0. The van der Waals surface area contributed by atoms with Crippen molar-refractivity contribution in [3.63, 3.8) is 0 Å². The van der Waals surface area contributed by atoms with Gasteiger partial charge < -0.3 is 18.9 Å². The normalized spacial score (nSPS) is 15.4. The second-order valence-electron chi connectivity index (χ2n) is 8.42. The summed E-state index contributed by atoms with van der Waals surface area (Å²) in [6, 6.07) is 12.0. The number of esters is 1. The van der Waals surface area contributed by atoms with Crippen LogP contribution in [-0.4, -0.2) is 38.0 Å². The van der Waals surface area contributed by atoms with Gasteiger partial charge in [0.1, 0.15) is 5.75 Å². The second kappa shape index (κ2) is 10.4. The van der Waals surface area contributed by atoms with Gasteiger partial charge in [-0.25, -0.2) is 9.79 Å². The van der Waals surface area contributed by atoms with Gasteiger partial charge in [-0.15, -0.1) is 0 Å². The Hall–Kier alpha value is -3.85. The molecule has 1 unspecified atom stereocenters. The zero-order chi connectivity index (χ0) is 26.0. The third-order valence-corrected chi connectivity index (χ3v) is 6.70. The fourth-order valence-electron chi connectivity index (χ4n) is 4.06. The molecule has 0 fully saturated rings. The number of hydrogen-bond donors (Lipinski definition) is 0. The predicted molar refractivity (Wildman–Crippen MR) is 138 cm³/mol. The summed E-state index contributed by atoms with van der Waals surface area (Å²) in [5.74, 6) is 1.33. The molecular weight excluding hydrogens is 480 g/mol. The van der Waals surface area contributed by atoms with E-state index < -0.39 is 12.0 Å². The lowest BCUT2D eigenvalue weighted by Crippen LogP contribution is -2.40. The first kappa shape index (κ1) is 25.2. The molecule has 0 bridgehead atoms. The van der Waals surface area contributed by atoms with Crippen molar-refractivity contribution >= 4 is 23.4 Å². The fraction of sp³-hybridized carbons (Fsp3) is 0.296. The van der Waals surface area contributed by atoms with Crippen LogP contribution in [0.5, 0.6) is 17.2 Å². The van der Waals surface area contributed by atoms with E-state index in [4.69, 9.17) is 18.9 Å². The number of methoxy groups -OCH3 is 3. The maximum absolute atomic E-state index is 13.7. The van der Waals surface area contributed by atoms with Crippen molar-refractivity contribution in [2.24, 2.45) is 4.99 Å². The van der Waals surface area contributed by atoms with Crippen molar-refractivity contribution in [1.82, 2.24) is 4.57 Å². The van der Waals surface area contributed by atoms with E-state index in [2.05, 4.69) is 4.99 Å². The first-order valence-corrected chi connectivity index (χ1v) is 12.2. The van der Waals surface area contributed by atoms with E-state index in [9.17, 15) is 9.59 Å². The highest BCUT2D eigenvalue weighted by molar-refractivity contribution is 7.07. The Morgan fingerprint density at radius 1 is 1.03 bits per heavy atom. The Morgan fingerprint density at radius 3 is 2.33 bits per heavy atom. The largest absolute Gasteiger partial charge is 0.497 e. The zero-order valence-electron chi connectivity index (χ0n) is 21.0. The van der Waals surface area contributed by atoms with Gasteiger partial charge in [0.2, 0.25) is 0 Å². The number of hydrogen-bond acceptors (Lipinski definition) is 8. The Morgan fingerprint density at radius 2 is 1.72 bits per heavy atom. The molecule has 8 nitrogen and oxygen atoms in total. The molecule has 2 heterocycles. The predicted octanol–water partition coefficient (Wildman–Crippen LogP) is 3.21. The van der Waals surface area contributed by atoms with Gasteiger partial charge in [0, 0.05) is 0 Å². The molecule has 9 heteroatoms. The number of benzene rings is 2. The maximum atomic E-state index is 13.7. The molecule has 36 heavy (non-hydrogen) atoms. The van der Waals surface area contributed by atoms with Gasteiger partial charge >= 0.3 is 5.97 Å². The van der Waals surface area contributed by atoms with E-state index in [1.807, 2.05) is 18.2 Å². The van der Waals surface area contributed by atoms with Crippen molar-refractivity contribution in [2.75, 3.05) is 21.3 Å². The summed E-state index contributed by atoms with van der Waals surface area (Å²) in [5, 5.41) is 0. The minimum Gasteiger partial charge on any atom is -0.497 e. The topological polar surface area (TPSA) is 88.4 Å². The van der Waals surface area contributed by atoms with E-state index in [1.165, 1.54) is 11.3 Å². The summed E-state index contributed by atoms with van der Waals surface area (Å²) in [5.41, 5.74) is 2.12. The van der Waals surface area contributed by atoms with Crippen LogP contribution in [0, 0.1) is 0 Å². The molecule has 0 radical (unpaired) electrons. The summed E-state index contributed by atoms with van der Waals surface area (Å²) in [6.45, 7) is 5.34. The van der Waals surface area contributed by atoms with Crippen LogP contribution in [0.15, 0.2) is 63.5 Å². The first-order chi connectivity index (χ1) is 17.3. The van der Waals surface area contributed by atoms with Gasteiger partial charge in [0.25, 0.3) is 5.56 Å². The quantitative estimate of drug-likeness (QED) is 0.456. The van der Waals surface area contributed by atoms with Crippen LogP contribution in [0.25, 0.3) is 6.08 Å². The molecule has 3 aromatic rings. The number of ether oxygens (including phenoxy) is 4. The standard InChI is InChI=1S/C27H28N2O6S/c1-15(2)35-26(31)23-16(3)28-27-29(24(23)18-8-10-19(32-4)11-9-18)25(30)22(36-27)14-17-7-12-20(33-5)21(13-17)34-6/h7-15,24H,1-6H3/b22-14-. The summed E-state index contributed by atoms with van der Waals surface area (Å²) >= 11 is 1.26. The molecular formula is C27H28N2O6S. The van der Waals surface area contributed by atoms with Crippen LogP contribution < -0.4 is 29.1 Å². The SMILES string of the molecule is COc1ccc(C2C(C(=O)OC(C)C)=C(C)N=c3s/c(=C\c4ccc(OC)c(OC)c4)c(=O)n32)cc1. The third kappa shape index (κ3) is 4.79. The van der Waals surface area contributed by atoms with Crippen LogP contribution in [0.1, 0.15) is 37.9 Å². The Bertz CT molecular complexity index is 1500. The number of thiazole rings is 1. The average Bonchev–Trinajstić information content (AvgIpc) is 3.16. The van der Waals surface area contributed by atoms with E-state index in [0.717, 1.165) is 11.1 Å². The molecule has 0 spiro atoms. The average molecular weight is 509 g/mol. The molecule has 1 aliphatic rings. The lowest BCUT2D eigenvalue weighted by molar-refractivity contribution is -0.143. The minimum atomic E-state index is -0.689. The summed E-state index contributed by atoms with van der Waals surface area (Å²) < 4.78 is 23.6. The molecule has 1 aromatic heterocycles. The van der Waals surface area contributed by atoms with Gasteiger partial charge in [-0.3, -0.25) is 9.36 Å². The van der Waals surface area contributed by atoms with Crippen molar-refractivity contribution < 1.29 is 23.7 Å². The maximum Gasteiger partial charge on any atom is 0.338 e. The highest BCUT2D eigenvalue weighted by atomic mass is 32.1. The number of allylic oxidation sites excluding steroid dienone is 1. The number of carbonyl (C=O) groups excluding carboxylic acids is 1. The van der Waals surface area contributed by atoms with Crippen molar-refractivity contribution in [3.05, 3.63) is 84.5 Å². The molecule has 0 aliphatic carbocycles. The zero-order valence-corrected chi connectivity index (χ0v) is 21.8. The number of carbonyl (C=O) groups is 1. The van der Waals surface area contributed by atoms with Crippen molar-refractivity contribution in [2.45, 2.75) is 32.9 Å². The number of nitrogens with zero attached hydrogens (tertiary/aromatic N) is 2. The number of fused-ring (bicyclic) bond motifs is 1. The van der Waals surface area contributed by atoms with Crippen LogP contribution >= 0.6 is 11.3 Å². The molecule has 4 rings (SSSR count). The van der Waals surface area contributed by atoms with E-state index in [1.54, 1.807) is 77.0 Å². The Kier molecular flexibility index (Phi) is 7.30. The molecule has 0 N–H and O–H groups in total. The molecule has 0 saturated heterocycles. The Labute approximate surface area is 212 Å². The molecule has 0 amide bonds.